The Hall–Kier alpha value is -4.15. The summed E-state index contributed by atoms with van der Waals surface area (Å²) < 4.78 is 6.35. The van der Waals surface area contributed by atoms with E-state index in [-0.39, 0.29) is 20.1 Å². The summed E-state index contributed by atoms with van der Waals surface area (Å²) in [7, 11) is -1.34. The SMILES string of the molecule is CC(C)Cc1cc(-c2[c-]cccc2)ncc1[Si](C)(C)C.[Ir].[c-]1ccc2c(oc3ccc(-c4ccccc4)cc32)c1-c1nccc2c1CCCC2. The standard InChI is InChI=1S/C27H20NO.C18H24NSi.Ir/c1-2-7-18(8-3-1)20-13-14-25-24(17-20)22-11-6-12-23(27(22)29-25)26-21-10-5-4-9-19(21)15-16-28-26;1-14(2)11-16-12-17(15-9-7-6-8-10-15)19-13-18(16)20(3,4)5;/h1-3,6-8,11,13-17H,4-5,9-10H2;6-9,12-14H,11H2,1-5H3;/q2*-1;. The molecular weight excluding hydrogens is 805 g/mol. The van der Waals surface area contributed by atoms with E-state index in [1.807, 2.05) is 36.5 Å². The first-order chi connectivity index (χ1) is 23.8. The minimum atomic E-state index is -1.34. The Kier molecular flexibility index (Phi) is 11.0. The summed E-state index contributed by atoms with van der Waals surface area (Å²) in [6, 6.07) is 40.2. The van der Waals surface area contributed by atoms with Crippen LogP contribution in [0.4, 0.5) is 0 Å². The van der Waals surface area contributed by atoms with Gasteiger partial charge in [-0.05, 0) is 83.9 Å². The fourth-order valence-corrected chi connectivity index (χ4v) is 8.68. The molecule has 3 heterocycles. The van der Waals surface area contributed by atoms with Crippen LogP contribution in [0, 0.1) is 18.1 Å². The largest absolute Gasteiger partial charge is 0.501 e. The molecule has 0 atom stereocenters. The van der Waals surface area contributed by atoms with Crippen LogP contribution in [-0.4, -0.2) is 18.0 Å². The van der Waals surface area contributed by atoms with Crippen LogP contribution in [0.3, 0.4) is 0 Å². The van der Waals surface area contributed by atoms with Crippen LogP contribution in [0.15, 0.2) is 114 Å². The molecule has 0 saturated heterocycles. The van der Waals surface area contributed by atoms with Crippen molar-refractivity contribution < 1.29 is 24.5 Å². The van der Waals surface area contributed by atoms with Gasteiger partial charge >= 0.3 is 0 Å². The van der Waals surface area contributed by atoms with Gasteiger partial charge in [0, 0.05) is 37.9 Å². The van der Waals surface area contributed by atoms with Gasteiger partial charge in [-0.15, -0.1) is 54.1 Å². The minimum Gasteiger partial charge on any atom is -0.501 e. The third-order valence-corrected chi connectivity index (χ3v) is 11.5. The molecule has 5 heteroatoms. The number of hydrogen-bond donors (Lipinski definition) is 0. The Morgan fingerprint density at radius 1 is 0.780 bits per heavy atom. The van der Waals surface area contributed by atoms with Gasteiger partial charge in [0.2, 0.25) is 0 Å². The van der Waals surface area contributed by atoms with Crippen molar-refractivity contribution in [3.63, 3.8) is 0 Å². The predicted molar refractivity (Wildman–Crippen MR) is 208 cm³/mol. The number of hydrogen-bond acceptors (Lipinski definition) is 3. The van der Waals surface area contributed by atoms with Crippen molar-refractivity contribution in [2.24, 2.45) is 5.92 Å². The number of benzene rings is 4. The first-order valence-electron chi connectivity index (χ1n) is 17.6. The smallest absolute Gasteiger partial charge is 0.120 e. The van der Waals surface area contributed by atoms with Gasteiger partial charge in [0.25, 0.3) is 0 Å². The molecule has 1 radical (unpaired) electrons. The summed E-state index contributed by atoms with van der Waals surface area (Å²) in [5.41, 5.74) is 12.6. The van der Waals surface area contributed by atoms with Gasteiger partial charge in [0.05, 0.1) is 13.7 Å². The molecule has 4 aromatic carbocycles. The molecule has 255 valence electrons. The summed E-state index contributed by atoms with van der Waals surface area (Å²) in [6.45, 7) is 11.7. The van der Waals surface area contributed by atoms with Gasteiger partial charge in [0.15, 0.2) is 0 Å². The van der Waals surface area contributed by atoms with Crippen molar-refractivity contribution >= 4 is 35.2 Å². The second kappa shape index (κ2) is 15.4. The fraction of sp³-hybridized carbons (Fsp3) is 0.244. The second-order valence-electron chi connectivity index (χ2n) is 14.6. The van der Waals surface area contributed by atoms with Gasteiger partial charge < -0.3 is 14.4 Å². The maximum absolute atomic E-state index is 6.35. The molecule has 0 fully saturated rings. The number of furan rings is 1. The fourth-order valence-electron chi connectivity index (χ4n) is 7.09. The zero-order valence-corrected chi connectivity index (χ0v) is 33.0. The van der Waals surface area contributed by atoms with Crippen molar-refractivity contribution in [3.8, 4) is 33.6 Å². The van der Waals surface area contributed by atoms with E-state index in [9.17, 15) is 0 Å². The number of aryl methyl sites for hydroxylation is 1. The van der Waals surface area contributed by atoms with Gasteiger partial charge in [-0.2, -0.15) is 0 Å². The van der Waals surface area contributed by atoms with Gasteiger partial charge in [-0.1, -0.05) is 104 Å². The monoisotopic (exact) mass is 849 g/mol. The molecule has 1 aliphatic rings. The van der Waals surface area contributed by atoms with E-state index in [1.165, 1.54) is 45.8 Å². The quantitative estimate of drug-likeness (QED) is 0.124. The zero-order chi connectivity index (χ0) is 34.0. The summed E-state index contributed by atoms with van der Waals surface area (Å²) in [5.74, 6) is 0.667. The maximum atomic E-state index is 6.35. The van der Waals surface area contributed by atoms with E-state index in [1.54, 1.807) is 0 Å². The van der Waals surface area contributed by atoms with Crippen molar-refractivity contribution in [3.05, 3.63) is 138 Å². The van der Waals surface area contributed by atoms with E-state index >= 15 is 0 Å². The van der Waals surface area contributed by atoms with Crippen LogP contribution in [0.25, 0.3) is 55.6 Å². The van der Waals surface area contributed by atoms with Crippen molar-refractivity contribution in [1.29, 1.82) is 0 Å². The Morgan fingerprint density at radius 2 is 1.58 bits per heavy atom. The third kappa shape index (κ3) is 7.61. The number of fused-ring (bicyclic) bond motifs is 4. The van der Waals surface area contributed by atoms with E-state index < -0.39 is 8.07 Å². The number of rotatable bonds is 6. The van der Waals surface area contributed by atoms with Gasteiger partial charge in [-0.3, -0.25) is 0 Å². The Morgan fingerprint density at radius 3 is 2.34 bits per heavy atom. The Balaban J connectivity index is 0.000000182. The molecular formula is C45H44IrN2OSi-2. The first kappa shape index (κ1) is 35.7. The van der Waals surface area contributed by atoms with Crippen molar-refractivity contribution in [1.82, 2.24) is 9.97 Å². The first-order valence-corrected chi connectivity index (χ1v) is 21.1. The Bertz CT molecular complexity index is 2220. The second-order valence-corrected chi connectivity index (χ2v) is 19.7. The molecule has 8 rings (SSSR count). The van der Waals surface area contributed by atoms with Gasteiger partial charge in [-0.25, -0.2) is 0 Å². The van der Waals surface area contributed by atoms with E-state index in [0.717, 1.165) is 63.7 Å². The topological polar surface area (TPSA) is 38.9 Å². The van der Waals surface area contributed by atoms with Gasteiger partial charge in [0.1, 0.15) is 5.58 Å². The molecule has 7 aromatic rings. The average Bonchev–Trinajstić information content (AvgIpc) is 3.50. The van der Waals surface area contributed by atoms with Crippen LogP contribution >= 0.6 is 0 Å². The molecule has 0 amide bonds. The van der Waals surface area contributed by atoms with Crippen molar-refractivity contribution in [2.75, 3.05) is 0 Å². The molecule has 3 aromatic heterocycles. The van der Waals surface area contributed by atoms with E-state index in [4.69, 9.17) is 9.40 Å². The predicted octanol–water partition coefficient (Wildman–Crippen LogP) is 11.3. The van der Waals surface area contributed by atoms with Crippen LogP contribution in [0.1, 0.15) is 43.4 Å². The number of nitrogens with zero attached hydrogens (tertiary/aromatic N) is 2. The molecule has 50 heavy (non-hydrogen) atoms. The number of pyridine rings is 2. The Labute approximate surface area is 311 Å². The molecule has 3 nitrogen and oxygen atoms in total. The normalized spacial score (nSPS) is 12.7. The molecule has 0 bridgehead atoms. The summed E-state index contributed by atoms with van der Waals surface area (Å²) in [6.07, 6.45) is 9.88. The van der Waals surface area contributed by atoms with Crippen molar-refractivity contribution in [2.45, 2.75) is 65.6 Å². The molecule has 1 aliphatic carbocycles. The van der Waals surface area contributed by atoms with Crippen LogP contribution in [0.5, 0.6) is 0 Å². The average molecular weight is 849 g/mol. The van der Waals surface area contributed by atoms with Crippen LogP contribution in [-0.2, 0) is 39.4 Å². The molecule has 0 unspecified atom stereocenters. The molecule has 0 N–H and O–H groups in total. The van der Waals surface area contributed by atoms with E-state index in [0.29, 0.717) is 5.92 Å². The third-order valence-electron chi connectivity index (χ3n) is 9.46. The number of aromatic nitrogens is 2. The van der Waals surface area contributed by atoms with Crippen LogP contribution in [0.2, 0.25) is 19.6 Å². The molecule has 0 spiro atoms. The van der Waals surface area contributed by atoms with E-state index in [2.05, 4.69) is 124 Å². The molecule has 0 aliphatic heterocycles. The van der Waals surface area contributed by atoms with Crippen LogP contribution < -0.4 is 5.19 Å². The molecule has 0 saturated carbocycles. The summed E-state index contributed by atoms with van der Waals surface area (Å²) in [4.78, 5) is 9.44. The minimum absolute atomic E-state index is 0. The summed E-state index contributed by atoms with van der Waals surface area (Å²) >= 11 is 0. The maximum Gasteiger partial charge on any atom is 0.120 e. The summed E-state index contributed by atoms with van der Waals surface area (Å²) in [5, 5.41) is 3.76. The zero-order valence-electron chi connectivity index (χ0n) is 29.6.